The number of morpholine rings is 1. The standard InChI is InChI=1S/C26H25N3O4S/c1-17(30)19-8-9-21(22(14-19)31-2)33-25-24-20(18-6-4-3-5-7-18)16-34-26(24)28-23(27-25)15-29-10-12-32-13-11-29/h3-9,14,16H,10-13,15H2,1-2H3. The molecule has 7 nitrogen and oxygen atoms in total. The molecule has 0 spiro atoms. The molecule has 0 amide bonds. The highest BCUT2D eigenvalue weighted by Gasteiger charge is 2.21. The van der Waals surface area contributed by atoms with Crippen molar-refractivity contribution < 1.29 is 19.0 Å². The second-order valence-corrected chi connectivity index (χ2v) is 8.91. The van der Waals surface area contributed by atoms with Crippen LogP contribution in [0.4, 0.5) is 0 Å². The summed E-state index contributed by atoms with van der Waals surface area (Å²) in [6.07, 6.45) is 0. The van der Waals surface area contributed by atoms with Crippen LogP contribution in [-0.4, -0.2) is 54.1 Å². The van der Waals surface area contributed by atoms with E-state index in [0.29, 0.717) is 48.5 Å². The van der Waals surface area contributed by atoms with E-state index in [1.54, 1.807) is 36.6 Å². The summed E-state index contributed by atoms with van der Waals surface area (Å²) in [5.41, 5.74) is 2.65. The van der Waals surface area contributed by atoms with Crippen molar-refractivity contribution in [1.82, 2.24) is 14.9 Å². The average Bonchev–Trinajstić information content (AvgIpc) is 3.29. The van der Waals surface area contributed by atoms with Crippen LogP contribution in [0, 0.1) is 0 Å². The SMILES string of the molecule is COc1cc(C(C)=O)ccc1Oc1nc(CN2CCOCC2)nc2scc(-c3ccccc3)c12. The third kappa shape index (κ3) is 4.65. The normalized spacial score (nSPS) is 14.3. The number of rotatable bonds is 7. The Bertz CT molecular complexity index is 1320. The average molecular weight is 476 g/mol. The Balaban J connectivity index is 1.60. The van der Waals surface area contributed by atoms with Gasteiger partial charge >= 0.3 is 0 Å². The predicted octanol–water partition coefficient (Wildman–Crippen LogP) is 5.19. The number of nitrogens with zero attached hydrogens (tertiary/aromatic N) is 3. The summed E-state index contributed by atoms with van der Waals surface area (Å²) < 4.78 is 17.4. The van der Waals surface area contributed by atoms with Crippen LogP contribution in [0.25, 0.3) is 21.3 Å². The summed E-state index contributed by atoms with van der Waals surface area (Å²) in [6.45, 7) is 5.26. The highest BCUT2D eigenvalue weighted by atomic mass is 32.1. The van der Waals surface area contributed by atoms with Crippen molar-refractivity contribution in [3.8, 4) is 28.5 Å². The van der Waals surface area contributed by atoms with Crippen LogP contribution < -0.4 is 9.47 Å². The van der Waals surface area contributed by atoms with Gasteiger partial charge in [0.25, 0.3) is 0 Å². The Morgan fingerprint density at radius 2 is 1.88 bits per heavy atom. The molecule has 5 rings (SSSR count). The molecule has 8 heteroatoms. The molecule has 34 heavy (non-hydrogen) atoms. The first-order valence-electron chi connectivity index (χ1n) is 11.1. The van der Waals surface area contributed by atoms with Crippen molar-refractivity contribution in [3.63, 3.8) is 0 Å². The van der Waals surface area contributed by atoms with Crippen molar-refractivity contribution >= 4 is 27.3 Å². The fraction of sp³-hybridized carbons (Fsp3) is 0.269. The van der Waals surface area contributed by atoms with E-state index in [2.05, 4.69) is 22.4 Å². The third-order valence-corrected chi connectivity index (χ3v) is 6.65. The van der Waals surface area contributed by atoms with Gasteiger partial charge in [-0.2, -0.15) is 4.98 Å². The molecule has 4 aromatic rings. The van der Waals surface area contributed by atoms with Gasteiger partial charge in [0.05, 0.1) is 32.3 Å². The van der Waals surface area contributed by atoms with E-state index < -0.39 is 0 Å². The van der Waals surface area contributed by atoms with Gasteiger partial charge in [-0.05, 0) is 30.7 Å². The highest BCUT2D eigenvalue weighted by molar-refractivity contribution is 7.17. The fourth-order valence-electron chi connectivity index (χ4n) is 3.96. The lowest BCUT2D eigenvalue weighted by Gasteiger charge is -2.25. The van der Waals surface area contributed by atoms with Crippen LogP contribution in [-0.2, 0) is 11.3 Å². The van der Waals surface area contributed by atoms with Gasteiger partial charge in [0.1, 0.15) is 10.7 Å². The first kappa shape index (κ1) is 22.5. The van der Waals surface area contributed by atoms with Gasteiger partial charge in [0.2, 0.25) is 5.88 Å². The zero-order valence-electron chi connectivity index (χ0n) is 19.1. The maximum atomic E-state index is 11.8. The number of carbonyl (C=O) groups is 1. The van der Waals surface area contributed by atoms with E-state index in [-0.39, 0.29) is 5.78 Å². The van der Waals surface area contributed by atoms with Crippen LogP contribution in [0.5, 0.6) is 17.4 Å². The van der Waals surface area contributed by atoms with E-state index in [4.69, 9.17) is 24.2 Å². The molecule has 0 N–H and O–H groups in total. The second-order valence-electron chi connectivity index (χ2n) is 8.05. The molecule has 1 aliphatic rings. The van der Waals surface area contributed by atoms with Crippen LogP contribution in [0.1, 0.15) is 23.1 Å². The molecule has 0 bridgehead atoms. The molecule has 0 saturated carbocycles. The lowest BCUT2D eigenvalue weighted by molar-refractivity contribution is 0.0330. The lowest BCUT2D eigenvalue weighted by Crippen LogP contribution is -2.36. The molecule has 1 aliphatic heterocycles. The highest BCUT2D eigenvalue weighted by Crippen LogP contribution is 2.41. The molecular formula is C26H25N3O4S. The van der Waals surface area contributed by atoms with Crippen LogP contribution in [0.2, 0.25) is 0 Å². The second kappa shape index (κ2) is 9.89. The molecule has 0 atom stereocenters. The Labute approximate surface area is 201 Å². The molecule has 1 fully saturated rings. The van der Waals surface area contributed by atoms with Crippen molar-refractivity contribution in [2.45, 2.75) is 13.5 Å². The Morgan fingerprint density at radius 1 is 1.09 bits per heavy atom. The van der Waals surface area contributed by atoms with Crippen molar-refractivity contribution in [3.05, 3.63) is 65.3 Å². The summed E-state index contributed by atoms with van der Waals surface area (Å²) in [5.74, 6) is 2.11. The molecule has 0 unspecified atom stereocenters. The molecule has 2 aromatic carbocycles. The summed E-state index contributed by atoms with van der Waals surface area (Å²) in [4.78, 5) is 24.7. The van der Waals surface area contributed by atoms with Crippen molar-refractivity contribution in [2.24, 2.45) is 0 Å². The van der Waals surface area contributed by atoms with Gasteiger partial charge in [-0.1, -0.05) is 30.3 Å². The van der Waals surface area contributed by atoms with Gasteiger partial charge < -0.3 is 14.2 Å². The maximum absolute atomic E-state index is 11.8. The van der Waals surface area contributed by atoms with Gasteiger partial charge in [0.15, 0.2) is 17.3 Å². The zero-order chi connectivity index (χ0) is 23.5. The minimum Gasteiger partial charge on any atom is -0.493 e. The lowest BCUT2D eigenvalue weighted by atomic mass is 10.1. The van der Waals surface area contributed by atoms with Crippen LogP contribution >= 0.6 is 11.3 Å². The minimum absolute atomic E-state index is 0.0359. The Kier molecular flexibility index (Phi) is 6.53. The maximum Gasteiger partial charge on any atom is 0.232 e. The summed E-state index contributed by atoms with van der Waals surface area (Å²) >= 11 is 1.58. The monoisotopic (exact) mass is 475 g/mol. The smallest absolute Gasteiger partial charge is 0.232 e. The molecule has 0 radical (unpaired) electrons. The fourth-order valence-corrected chi connectivity index (χ4v) is 4.92. The number of fused-ring (bicyclic) bond motifs is 1. The van der Waals surface area contributed by atoms with E-state index in [0.717, 1.165) is 34.4 Å². The summed E-state index contributed by atoms with van der Waals surface area (Å²) in [7, 11) is 1.56. The molecule has 1 saturated heterocycles. The number of Topliss-reactive ketones (excluding diaryl/α,β-unsaturated/α-hetero) is 1. The van der Waals surface area contributed by atoms with Gasteiger partial charge in [-0.15, -0.1) is 11.3 Å². The summed E-state index contributed by atoms with van der Waals surface area (Å²) in [6, 6.07) is 15.3. The van der Waals surface area contributed by atoms with Crippen molar-refractivity contribution in [2.75, 3.05) is 33.4 Å². The minimum atomic E-state index is -0.0359. The quantitative estimate of drug-likeness (QED) is 0.340. The zero-order valence-corrected chi connectivity index (χ0v) is 19.9. The largest absolute Gasteiger partial charge is 0.493 e. The van der Waals surface area contributed by atoms with Crippen molar-refractivity contribution in [1.29, 1.82) is 0 Å². The number of hydrogen-bond donors (Lipinski definition) is 0. The Morgan fingerprint density at radius 3 is 2.62 bits per heavy atom. The number of ether oxygens (including phenoxy) is 3. The number of benzene rings is 2. The predicted molar refractivity (Wildman–Crippen MR) is 132 cm³/mol. The Hall–Kier alpha value is -3.33. The number of ketones is 1. The molecule has 0 aliphatic carbocycles. The third-order valence-electron chi connectivity index (χ3n) is 5.78. The molecule has 3 heterocycles. The topological polar surface area (TPSA) is 73.8 Å². The molecule has 2 aromatic heterocycles. The summed E-state index contributed by atoms with van der Waals surface area (Å²) in [5, 5.41) is 2.95. The number of hydrogen-bond acceptors (Lipinski definition) is 8. The van der Waals surface area contributed by atoms with E-state index >= 15 is 0 Å². The van der Waals surface area contributed by atoms with Gasteiger partial charge in [-0.3, -0.25) is 9.69 Å². The number of thiophene rings is 1. The first-order valence-corrected chi connectivity index (χ1v) is 12.0. The van der Waals surface area contributed by atoms with Crippen LogP contribution in [0.3, 0.4) is 0 Å². The van der Waals surface area contributed by atoms with Gasteiger partial charge in [0, 0.05) is 29.6 Å². The number of methoxy groups -OCH3 is 1. The van der Waals surface area contributed by atoms with E-state index in [1.807, 2.05) is 18.2 Å². The number of aromatic nitrogens is 2. The molecule has 174 valence electrons. The van der Waals surface area contributed by atoms with Crippen LogP contribution in [0.15, 0.2) is 53.9 Å². The van der Waals surface area contributed by atoms with E-state index in [9.17, 15) is 4.79 Å². The first-order chi connectivity index (χ1) is 16.6. The number of carbonyl (C=O) groups excluding carboxylic acids is 1. The van der Waals surface area contributed by atoms with E-state index in [1.165, 1.54) is 6.92 Å². The molecular weight excluding hydrogens is 450 g/mol. The van der Waals surface area contributed by atoms with Gasteiger partial charge in [-0.25, -0.2) is 4.98 Å².